The minimum atomic E-state index is -2.58. The predicted octanol–water partition coefficient (Wildman–Crippen LogP) is 3.11. The minimum Gasteiger partial charge on any atom is -0.496 e. The van der Waals surface area contributed by atoms with Crippen LogP contribution in [0.3, 0.4) is 0 Å². The molecule has 2 nitrogen and oxygen atoms in total. The minimum absolute atomic E-state index is 0.441. The summed E-state index contributed by atoms with van der Waals surface area (Å²) in [5.74, 6) is 0.658. The van der Waals surface area contributed by atoms with Crippen molar-refractivity contribution in [2.75, 3.05) is 7.11 Å². The van der Waals surface area contributed by atoms with Crippen LogP contribution in [-0.2, 0) is 0 Å². The van der Waals surface area contributed by atoms with Gasteiger partial charge in [-0.3, -0.25) is 0 Å². The summed E-state index contributed by atoms with van der Waals surface area (Å²) in [5.41, 5.74) is 5.95. The van der Waals surface area contributed by atoms with Crippen molar-refractivity contribution in [1.82, 2.24) is 0 Å². The number of benzene rings is 2. The largest absolute Gasteiger partial charge is 0.496 e. The lowest BCUT2D eigenvalue weighted by Gasteiger charge is -2.15. The molecule has 0 heterocycles. The molecule has 2 N–H and O–H groups in total. The highest BCUT2D eigenvalue weighted by Gasteiger charge is 2.20. The van der Waals surface area contributed by atoms with E-state index in [0.29, 0.717) is 16.7 Å². The van der Waals surface area contributed by atoms with Gasteiger partial charge in [-0.05, 0) is 17.0 Å². The van der Waals surface area contributed by atoms with E-state index in [0.717, 1.165) is 5.39 Å². The van der Waals surface area contributed by atoms with Gasteiger partial charge in [-0.2, -0.15) is 0 Å². The third-order valence-electron chi connectivity index (χ3n) is 2.77. The van der Waals surface area contributed by atoms with Crippen molar-refractivity contribution in [3.05, 3.63) is 42.0 Å². The van der Waals surface area contributed by atoms with E-state index in [9.17, 15) is 8.78 Å². The number of fused-ring (bicyclic) bond motifs is 1. The Labute approximate surface area is 98.0 Å². The highest BCUT2D eigenvalue weighted by Crippen LogP contribution is 2.32. The maximum absolute atomic E-state index is 12.7. The van der Waals surface area contributed by atoms with Gasteiger partial charge in [0, 0.05) is 5.39 Å². The first kappa shape index (κ1) is 11.8. The first-order valence-corrected chi connectivity index (χ1v) is 5.24. The molecule has 0 aromatic heterocycles. The molecule has 0 aliphatic rings. The SMILES string of the molecule is COc1ccc(C(N)C(F)F)c2ccccc12. The molecule has 0 amide bonds. The van der Waals surface area contributed by atoms with Crippen molar-refractivity contribution < 1.29 is 13.5 Å². The molecular weight excluding hydrogens is 224 g/mol. The normalized spacial score (nSPS) is 13.0. The summed E-state index contributed by atoms with van der Waals surface area (Å²) in [6, 6.07) is 9.22. The number of rotatable bonds is 3. The standard InChI is InChI=1S/C13H13F2NO/c1-17-11-7-6-10(12(16)13(14)15)8-4-2-3-5-9(8)11/h2-7,12-13H,16H2,1H3. The van der Waals surface area contributed by atoms with Gasteiger partial charge in [0.1, 0.15) is 5.75 Å². The fourth-order valence-corrected chi connectivity index (χ4v) is 1.90. The van der Waals surface area contributed by atoms with Crippen molar-refractivity contribution in [3.63, 3.8) is 0 Å². The number of ether oxygens (including phenoxy) is 1. The van der Waals surface area contributed by atoms with Gasteiger partial charge in [0.2, 0.25) is 0 Å². The zero-order chi connectivity index (χ0) is 12.4. The number of nitrogens with two attached hydrogens (primary N) is 1. The van der Waals surface area contributed by atoms with E-state index in [-0.39, 0.29) is 0 Å². The van der Waals surface area contributed by atoms with Gasteiger partial charge in [-0.15, -0.1) is 0 Å². The Hall–Kier alpha value is -1.68. The van der Waals surface area contributed by atoms with Crippen LogP contribution in [0.5, 0.6) is 5.75 Å². The Balaban J connectivity index is 2.66. The van der Waals surface area contributed by atoms with Crippen LogP contribution >= 0.6 is 0 Å². The number of hydrogen-bond acceptors (Lipinski definition) is 2. The smallest absolute Gasteiger partial charge is 0.257 e. The Morgan fingerprint density at radius 2 is 1.71 bits per heavy atom. The van der Waals surface area contributed by atoms with Gasteiger partial charge in [-0.1, -0.05) is 30.3 Å². The summed E-state index contributed by atoms with van der Waals surface area (Å²) in [5, 5.41) is 1.50. The summed E-state index contributed by atoms with van der Waals surface area (Å²) in [6.07, 6.45) is -2.58. The van der Waals surface area contributed by atoms with Crippen LogP contribution in [0.25, 0.3) is 10.8 Å². The highest BCUT2D eigenvalue weighted by atomic mass is 19.3. The summed E-state index contributed by atoms with van der Waals surface area (Å²) in [4.78, 5) is 0. The van der Waals surface area contributed by atoms with E-state index >= 15 is 0 Å². The molecule has 0 aliphatic heterocycles. The summed E-state index contributed by atoms with van der Waals surface area (Å²) >= 11 is 0. The molecule has 1 atom stereocenters. The summed E-state index contributed by atoms with van der Waals surface area (Å²) in [7, 11) is 1.55. The van der Waals surface area contributed by atoms with E-state index in [1.54, 1.807) is 31.4 Å². The molecular formula is C13H13F2NO. The molecule has 0 bridgehead atoms. The lowest BCUT2D eigenvalue weighted by Crippen LogP contribution is -2.19. The van der Waals surface area contributed by atoms with E-state index in [1.165, 1.54) is 0 Å². The van der Waals surface area contributed by atoms with Crippen molar-refractivity contribution >= 4 is 10.8 Å². The lowest BCUT2D eigenvalue weighted by molar-refractivity contribution is 0.117. The van der Waals surface area contributed by atoms with Crippen molar-refractivity contribution in [2.24, 2.45) is 5.73 Å². The predicted molar refractivity (Wildman–Crippen MR) is 63.4 cm³/mol. The van der Waals surface area contributed by atoms with Gasteiger partial charge in [-0.25, -0.2) is 8.78 Å². The van der Waals surface area contributed by atoms with Crippen molar-refractivity contribution in [1.29, 1.82) is 0 Å². The van der Waals surface area contributed by atoms with Gasteiger partial charge in [0.15, 0.2) is 0 Å². The van der Waals surface area contributed by atoms with Crippen molar-refractivity contribution in [2.45, 2.75) is 12.5 Å². The molecule has 0 spiro atoms. The molecule has 0 saturated carbocycles. The van der Waals surface area contributed by atoms with E-state index in [1.807, 2.05) is 12.1 Å². The van der Waals surface area contributed by atoms with Crippen LogP contribution in [0, 0.1) is 0 Å². The molecule has 0 fully saturated rings. The van der Waals surface area contributed by atoms with Crippen LogP contribution in [0.1, 0.15) is 11.6 Å². The average molecular weight is 237 g/mol. The van der Waals surface area contributed by atoms with Gasteiger partial charge in [0.05, 0.1) is 13.2 Å². The average Bonchev–Trinajstić information content (AvgIpc) is 2.36. The number of methoxy groups -OCH3 is 1. The maximum atomic E-state index is 12.7. The third-order valence-corrected chi connectivity index (χ3v) is 2.77. The maximum Gasteiger partial charge on any atom is 0.257 e. The Kier molecular flexibility index (Phi) is 3.24. The summed E-state index contributed by atoms with van der Waals surface area (Å²) < 4.78 is 30.5. The molecule has 0 radical (unpaired) electrons. The second-order valence-corrected chi connectivity index (χ2v) is 3.76. The second-order valence-electron chi connectivity index (χ2n) is 3.76. The molecule has 4 heteroatoms. The van der Waals surface area contributed by atoms with Crippen LogP contribution in [0.15, 0.2) is 36.4 Å². The van der Waals surface area contributed by atoms with Gasteiger partial charge >= 0.3 is 0 Å². The number of halogens is 2. The van der Waals surface area contributed by atoms with Gasteiger partial charge < -0.3 is 10.5 Å². The van der Waals surface area contributed by atoms with Crippen LogP contribution in [-0.4, -0.2) is 13.5 Å². The molecule has 2 aromatic carbocycles. The van der Waals surface area contributed by atoms with E-state index in [4.69, 9.17) is 10.5 Å². The second kappa shape index (κ2) is 4.67. The Morgan fingerprint density at radius 1 is 1.06 bits per heavy atom. The number of alkyl halides is 2. The zero-order valence-electron chi connectivity index (χ0n) is 9.36. The first-order valence-electron chi connectivity index (χ1n) is 5.24. The van der Waals surface area contributed by atoms with E-state index < -0.39 is 12.5 Å². The molecule has 1 unspecified atom stereocenters. The summed E-state index contributed by atoms with van der Waals surface area (Å²) in [6.45, 7) is 0. The zero-order valence-corrected chi connectivity index (χ0v) is 9.36. The van der Waals surface area contributed by atoms with Crippen molar-refractivity contribution in [3.8, 4) is 5.75 Å². The third kappa shape index (κ3) is 2.08. The lowest BCUT2D eigenvalue weighted by atomic mass is 9.99. The fourth-order valence-electron chi connectivity index (χ4n) is 1.90. The molecule has 17 heavy (non-hydrogen) atoms. The quantitative estimate of drug-likeness (QED) is 0.890. The molecule has 90 valence electrons. The monoisotopic (exact) mass is 237 g/mol. The van der Waals surface area contributed by atoms with E-state index in [2.05, 4.69) is 0 Å². The molecule has 0 aliphatic carbocycles. The van der Waals surface area contributed by atoms with Crippen LogP contribution < -0.4 is 10.5 Å². The molecule has 2 rings (SSSR count). The molecule has 0 saturated heterocycles. The fraction of sp³-hybridized carbons (Fsp3) is 0.231. The molecule has 2 aromatic rings. The Morgan fingerprint density at radius 3 is 2.29 bits per heavy atom. The van der Waals surface area contributed by atoms with Crippen LogP contribution in [0.2, 0.25) is 0 Å². The van der Waals surface area contributed by atoms with Crippen LogP contribution in [0.4, 0.5) is 8.78 Å². The van der Waals surface area contributed by atoms with Gasteiger partial charge in [0.25, 0.3) is 6.43 Å². The highest BCUT2D eigenvalue weighted by molar-refractivity contribution is 5.91. The Bertz CT molecular complexity index is 528. The topological polar surface area (TPSA) is 35.2 Å². The first-order chi connectivity index (χ1) is 8.15. The number of hydrogen-bond donors (Lipinski definition) is 1.